The summed E-state index contributed by atoms with van der Waals surface area (Å²) in [5.74, 6) is 0. The first-order valence-corrected chi connectivity index (χ1v) is 8.37. The molecule has 24 heavy (non-hydrogen) atoms. The van der Waals surface area contributed by atoms with Crippen LogP contribution >= 0.6 is 0 Å². The molecular weight excluding hydrogens is 296 g/mol. The lowest BCUT2D eigenvalue weighted by Gasteiger charge is -2.18. The number of benzene rings is 2. The SMILES string of the molecule is Cc1nnn2c1-c1c(c3ccccc3n1Cc1ccccc1)CC2. The first kappa shape index (κ1) is 13.5. The molecule has 0 fully saturated rings. The van der Waals surface area contributed by atoms with Gasteiger partial charge in [0.2, 0.25) is 0 Å². The van der Waals surface area contributed by atoms with E-state index in [2.05, 4.69) is 81.1 Å². The van der Waals surface area contributed by atoms with Crippen molar-refractivity contribution >= 4 is 10.9 Å². The third-order valence-corrected chi connectivity index (χ3v) is 4.96. The molecule has 1 aliphatic rings. The van der Waals surface area contributed by atoms with Gasteiger partial charge < -0.3 is 4.57 Å². The molecule has 0 N–H and O–H groups in total. The molecule has 118 valence electrons. The molecule has 4 heteroatoms. The average molecular weight is 314 g/mol. The van der Waals surface area contributed by atoms with Crippen molar-refractivity contribution in [1.82, 2.24) is 19.6 Å². The molecule has 2 aromatic carbocycles. The first-order valence-electron chi connectivity index (χ1n) is 8.37. The molecule has 4 nitrogen and oxygen atoms in total. The molecule has 0 amide bonds. The minimum Gasteiger partial charge on any atom is -0.334 e. The Bertz CT molecular complexity index is 1040. The number of fused-ring (bicyclic) bond motifs is 5. The Morgan fingerprint density at radius 3 is 2.62 bits per heavy atom. The second-order valence-electron chi connectivity index (χ2n) is 6.41. The second kappa shape index (κ2) is 5.06. The molecule has 2 aromatic heterocycles. The van der Waals surface area contributed by atoms with Crippen molar-refractivity contribution in [3.8, 4) is 11.4 Å². The highest BCUT2D eigenvalue weighted by Crippen LogP contribution is 2.38. The zero-order valence-corrected chi connectivity index (χ0v) is 13.6. The first-order chi connectivity index (χ1) is 11.8. The Labute approximate surface area is 140 Å². The molecule has 0 aliphatic carbocycles. The van der Waals surface area contributed by atoms with Gasteiger partial charge in [-0.15, -0.1) is 5.10 Å². The Morgan fingerprint density at radius 2 is 1.75 bits per heavy atom. The summed E-state index contributed by atoms with van der Waals surface area (Å²) in [6, 6.07) is 19.4. The molecule has 0 spiro atoms. The summed E-state index contributed by atoms with van der Waals surface area (Å²) < 4.78 is 4.49. The third kappa shape index (κ3) is 1.86. The van der Waals surface area contributed by atoms with E-state index in [4.69, 9.17) is 0 Å². The lowest BCUT2D eigenvalue weighted by molar-refractivity contribution is 0.579. The fraction of sp³-hybridized carbons (Fsp3) is 0.200. The van der Waals surface area contributed by atoms with Crippen molar-refractivity contribution in [3.63, 3.8) is 0 Å². The van der Waals surface area contributed by atoms with E-state index >= 15 is 0 Å². The fourth-order valence-corrected chi connectivity index (χ4v) is 3.90. The lowest BCUT2D eigenvalue weighted by atomic mass is 10.0. The van der Waals surface area contributed by atoms with Gasteiger partial charge in [0.1, 0.15) is 5.69 Å². The molecule has 0 saturated carbocycles. The Kier molecular flexibility index (Phi) is 2.86. The van der Waals surface area contributed by atoms with Gasteiger partial charge in [-0.3, -0.25) is 0 Å². The predicted molar refractivity (Wildman–Crippen MR) is 94.9 cm³/mol. The summed E-state index contributed by atoms with van der Waals surface area (Å²) in [5.41, 5.74) is 7.49. The van der Waals surface area contributed by atoms with Crippen LogP contribution in [0.2, 0.25) is 0 Å². The van der Waals surface area contributed by atoms with Gasteiger partial charge in [-0.1, -0.05) is 53.7 Å². The number of hydrogen-bond acceptors (Lipinski definition) is 2. The number of rotatable bonds is 2. The van der Waals surface area contributed by atoms with E-state index in [0.717, 1.165) is 25.2 Å². The van der Waals surface area contributed by atoms with Crippen molar-refractivity contribution < 1.29 is 0 Å². The topological polar surface area (TPSA) is 35.6 Å². The van der Waals surface area contributed by atoms with Crippen LogP contribution in [0.5, 0.6) is 0 Å². The average Bonchev–Trinajstić information content (AvgIpc) is 3.15. The minimum atomic E-state index is 0.862. The van der Waals surface area contributed by atoms with Crippen LogP contribution in [0.15, 0.2) is 54.6 Å². The summed E-state index contributed by atoms with van der Waals surface area (Å²) in [6.45, 7) is 3.82. The Hall–Kier alpha value is -2.88. The summed E-state index contributed by atoms with van der Waals surface area (Å²) in [6.07, 6.45) is 1.01. The van der Waals surface area contributed by atoms with Crippen LogP contribution in [0.4, 0.5) is 0 Å². The quantitative estimate of drug-likeness (QED) is 0.564. The minimum absolute atomic E-state index is 0.862. The van der Waals surface area contributed by atoms with E-state index < -0.39 is 0 Å². The van der Waals surface area contributed by atoms with Gasteiger partial charge >= 0.3 is 0 Å². The van der Waals surface area contributed by atoms with Gasteiger partial charge in [0.05, 0.1) is 11.4 Å². The van der Waals surface area contributed by atoms with E-state index in [0.29, 0.717) is 0 Å². The van der Waals surface area contributed by atoms with Crippen LogP contribution in [0, 0.1) is 6.92 Å². The van der Waals surface area contributed by atoms with Gasteiger partial charge in [0, 0.05) is 24.0 Å². The smallest absolute Gasteiger partial charge is 0.108 e. The van der Waals surface area contributed by atoms with Gasteiger partial charge in [-0.2, -0.15) is 0 Å². The Balaban J connectivity index is 1.82. The molecule has 5 rings (SSSR count). The van der Waals surface area contributed by atoms with Gasteiger partial charge in [-0.05, 0) is 30.5 Å². The highest BCUT2D eigenvalue weighted by Gasteiger charge is 2.27. The summed E-state index contributed by atoms with van der Waals surface area (Å²) >= 11 is 0. The van der Waals surface area contributed by atoms with E-state index in [1.54, 1.807) is 0 Å². The second-order valence-corrected chi connectivity index (χ2v) is 6.41. The van der Waals surface area contributed by atoms with Gasteiger partial charge in [0.25, 0.3) is 0 Å². The molecule has 0 atom stereocenters. The van der Waals surface area contributed by atoms with Crippen molar-refractivity contribution in [2.24, 2.45) is 0 Å². The third-order valence-electron chi connectivity index (χ3n) is 4.96. The van der Waals surface area contributed by atoms with Crippen LogP contribution < -0.4 is 0 Å². The van der Waals surface area contributed by atoms with E-state index in [-0.39, 0.29) is 0 Å². The van der Waals surface area contributed by atoms with Gasteiger partial charge in [-0.25, -0.2) is 4.68 Å². The van der Waals surface area contributed by atoms with Crippen molar-refractivity contribution in [3.05, 3.63) is 71.4 Å². The Morgan fingerprint density at radius 1 is 0.958 bits per heavy atom. The summed E-state index contributed by atoms with van der Waals surface area (Å²) in [7, 11) is 0. The summed E-state index contributed by atoms with van der Waals surface area (Å²) in [4.78, 5) is 0. The maximum atomic E-state index is 4.33. The fourth-order valence-electron chi connectivity index (χ4n) is 3.90. The zero-order valence-electron chi connectivity index (χ0n) is 13.6. The molecule has 1 aliphatic heterocycles. The highest BCUT2D eigenvalue weighted by molar-refractivity contribution is 5.92. The highest BCUT2D eigenvalue weighted by atomic mass is 15.4. The molecule has 4 aromatic rings. The van der Waals surface area contributed by atoms with E-state index in [1.165, 1.54) is 33.4 Å². The largest absolute Gasteiger partial charge is 0.334 e. The van der Waals surface area contributed by atoms with Crippen LogP contribution in [0.1, 0.15) is 16.8 Å². The normalized spacial score (nSPS) is 13.0. The van der Waals surface area contributed by atoms with Crippen LogP contribution in [-0.2, 0) is 19.5 Å². The molecule has 0 bridgehead atoms. The van der Waals surface area contributed by atoms with Crippen LogP contribution in [0.25, 0.3) is 22.3 Å². The maximum Gasteiger partial charge on any atom is 0.108 e. The van der Waals surface area contributed by atoms with Crippen molar-refractivity contribution in [2.75, 3.05) is 0 Å². The molecule has 0 radical (unpaired) electrons. The van der Waals surface area contributed by atoms with Crippen LogP contribution in [0.3, 0.4) is 0 Å². The van der Waals surface area contributed by atoms with Crippen molar-refractivity contribution in [2.45, 2.75) is 26.4 Å². The maximum absolute atomic E-state index is 4.33. The number of aryl methyl sites for hydroxylation is 3. The van der Waals surface area contributed by atoms with E-state index in [1.807, 2.05) is 0 Å². The summed E-state index contributed by atoms with van der Waals surface area (Å²) in [5, 5.41) is 10.00. The zero-order chi connectivity index (χ0) is 16.1. The molecular formula is C20H18N4. The predicted octanol–water partition coefficient (Wildman–Crippen LogP) is 3.81. The van der Waals surface area contributed by atoms with Crippen LogP contribution in [-0.4, -0.2) is 19.6 Å². The molecule has 0 saturated heterocycles. The lowest BCUT2D eigenvalue weighted by Crippen LogP contribution is -2.14. The van der Waals surface area contributed by atoms with E-state index in [9.17, 15) is 0 Å². The van der Waals surface area contributed by atoms with Crippen molar-refractivity contribution in [1.29, 1.82) is 0 Å². The standard InChI is InChI=1S/C20H18N4/c1-14-19-20-17(11-12-24(19)22-21-14)16-9-5-6-10-18(16)23(20)13-15-7-3-2-4-8-15/h2-10H,11-13H2,1H3. The molecule has 3 heterocycles. The molecule has 0 unspecified atom stereocenters. The van der Waals surface area contributed by atoms with Gasteiger partial charge in [0.15, 0.2) is 0 Å². The monoisotopic (exact) mass is 314 g/mol. The number of nitrogens with zero attached hydrogens (tertiary/aromatic N) is 4. The number of aromatic nitrogens is 4. The number of para-hydroxylation sites is 1. The number of hydrogen-bond donors (Lipinski definition) is 0.